The van der Waals surface area contributed by atoms with Gasteiger partial charge in [-0.2, -0.15) is 0 Å². The molecule has 1 nitrogen and oxygen atoms in total. The van der Waals surface area contributed by atoms with E-state index in [1.165, 1.54) is 96.6 Å². The van der Waals surface area contributed by atoms with Crippen molar-refractivity contribution in [3.05, 3.63) is 0 Å². The molecule has 20 heavy (non-hydrogen) atoms. The van der Waals surface area contributed by atoms with Gasteiger partial charge in [0.15, 0.2) is 0 Å². The van der Waals surface area contributed by atoms with Crippen LogP contribution in [0.2, 0.25) is 0 Å². The van der Waals surface area contributed by atoms with Crippen molar-refractivity contribution < 1.29 is 0 Å². The van der Waals surface area contributed by atoms with Crippen LogP contribution in [0.4, 0.5) is 0 Å². The first-order chi connectivity index (χ1) is 9.88. The van der Waals surface area contributed by atoms with E-state index in [1.54, 1.807) is 0 Å². The van der Waals surface area contributed by atoms with Crippen LogP contribution < -0.4 is 0 Å². The molecule has 0 aromatic rings. The Morgan fingerprint density at radius 3 is 2.05 bits per heavy atom. The molecule has 0 saturated carbocycles. The van der Waals surface area contributed by atoms with Crippen molar-refractivity contribution >= 4 is 11.6 Å². The van der Waals surface area contributed by atoms with Crippen molar-refractivity contribution in [1.82, 2.24) is 4.90 Å². The molecular formula is C18H36ClN. The third-order valence-electron chi connectivity index (χ3n) is 4.72. The topological polar surface area (TPSA) is 3.24 Å². The number of hydrogen-bond donors (Lipinski definition) is 0. The summed E-state index contributed by atoms with van der Waals surface area (Å²) < 4.78 is 0. The standard InChI is InChI=1S/C18H36ClN/c1-2-3-4-5-6-7-9-13-18(14-12-15-19)20-16-10-8-11-17-20/h18H,2-17H2,1H3. The summed E-state index contributed by atoms with van der Waals surface area (Å²) in [7, 11) is 0. The van der Waals surface area contributed by atoms with Crippen LogP contribution in [0.25, 0.3) is 0 Å². The summed E-state index contributed by atoms with van der Waals surface area (Å²) in [5.74, 6) is 0.835. The van der Waals surface area contributed by atoms with E-state index >= 15 is 0 Å². The summed E-state index contributed by atoms with van der Waals surface area (Å²) in [4.78, 5) is 2.76. The zero-order valence-electron chi connectivity index (χ0n) is 13.7. The van der Waals surface area contributed by atoms with E-state index in [9.17, 15) is 0 Å². The quantitative estimate of drug-likeness (QED) is 0.315. The molecule has 0 spiro atoms. The van der Waals surface area contributed by atoms with E-state index in [1.807, 2.05) is 0 Å². The second-order valence-corrected chi connectivity index (χ2v) is 6.87. The highest BCUT2D eigenvalue weighted by Gasteiger charge is 2.19. The predicted octanol–water partition coefficient (Wildman–Crippen LogP) is 6.00. The van der Waals surface area contributed by atoms with Gasteiger partial charge in [0.25, 0.3) is 0 Å². The third-order valence-corrected chi connectivity index (χ3v) is 4.99. The number of alkyl halides is 1. The van der Waals surface area contributed by atoms with Gasteiger partial charge in [-0.3, -0.25) is 0 Å². The lowest BCUT2D eigenvalue weighted by Gasteiger charge is -2.34. The number of hydrogen-bond acceptors (Lipinski definition) is 1. The Labute approximate surface area is 132 Å². The first-order valence-corrected chi connectivity index (χ1v) is 9.72. The van der Waals surface area contributed by atoms with E-state index in [2.05, 4.69) is 11.8 Å². The summed E-state index contributed by atoms with van der Waals surface area (Å²) in [5.41, 5.74) is 0. The van der Waals surface area contributed by atoms with Crippen molar-refractivity contribution in [2.45, 2.75) is 96.4 Å². The smallest absolute Gasteiger partial charge is 0.0224 e. The molecule has 1 atom stereocenters. The van der Waals surface area contributed by atoms with Gasteiger partial charge in [0.2, 0.25) is 0 Å². The molecule has 0 aromatic heterocycles. The number of likely N-dealkylation sites (tertiary alicyclic amines) is 1. The third kappa shape index (κ3) is 8.52. The van der Waals surface area contributed by atoms with Crippen molar-refractivity contribution in [3.8, 4) is 0 Å². The molecular weight excluding hydrogens is 266 g/mol. The van der Waals surface area contributed by atoms with Gasteiger partial charge in [-0.1, -0.05) is 58.3 Å². The molecule has 1 saturated heterocycles. The van der Waals surface area contributed by atoms with Gasteiger partial charge in [-0.25, -0.2) is 0 Å². The molecule has 0 N–H and O–H groups in total. The highest BCUT2D eigenvalue weighted by molar-refractivity contribution is 6.17. The molecule has 0 aliphatic carbocycles. The van der Waals surface area contributed by atoms with E-state index in [4.69, 9.17) is 11.6 Å². The van der Waals surface area contributed by atoms with Crippen LogP contribution in [0, 0.1) is 0 Å². The fourth-order valence-corrected chi connectivity index (χ4v) is 3.60. The highest BCUT2D eigenvalue weighted by Crippen LogP contribution is 2.21. The molecule has 2 heteroatoms. The first kappa shape index (κ1) is 18.3. The predicted molar refractivity (Wildman–Crippen MR) is 91.8 cm³/mol. The number of halogens is 1. The zero-order valence-corrected chi connectivity index (χ0v) is 14.5. The van der Waals surface area contributed by atoms with E-state index in [0.717, 1.165) is 11.9 Å². The monoisotopic (exact) mass is 301 g/mol. The Kier molecular flexibility index (Phi) is 11.8. The number of nitrogens with zero attached hydrogens (tertiary/aromatic N) is 1. The van der Waals surface area contributed by atoms with Gasteiger partial charge in [0, 0.05) is 11.9 Å². The van der Waals surface area contributed by atoms with Crippen molar-refractivity contribution in [2.24, 2.45) is 0 Å². The maximum atomic E-state index is 5.90. The molecule has 0 aromatic carbocycles. The minimum absolute atomic E-state index is 0.824. The van der Waals surface area contributed by atoms with Crippen molar-refractivity contribution in [2.75, 3.05) is 19.0 Å². The van der Waals surface area contributed by atoms with Crippen LogP contribution in [0.5, 0.6) is 0 Å². The molecule has 0 radical (unpaired) electrons. The van der Waals surface area contributed by atoms with Crippen LogP contribution in [0.1, 0.15) is 90.4 Å². The summed E-state index contributed by atoms with van der Waals surface area (Å²) in [6.45, 7) is 4.97. The highest BCUT2D eigenvalue weighted by atomic mass is 35.5. The zero-order chi connectivity index (χ0) is 14.5. The molecule has 1 fully saturated rings. The van der Waals surface area contributed by atoms with Gasteiger partial charge < -0.3 is 4.90 Å². The van der Waals surface area contributed by atoms with Crippen LogP contribution in [0.3, 0.4) is 0 Å². The van der Waals surface area contributed by atoms with Crippen LogP contribution in [-0.2, 0) is 0 Å². The van der Waals surface area contributed by atoms with Gasteiger partial charge >= 0.3 is 0 Å². The molecule has 1 heterocycles. The van der Waals surface area contributed by atoms with E-state index in [0.29, 0.717) is 0 Å². The lowest BCUT2D eigenvalue weighted by atomic mass is 9.98. The fourth-order valence-electron chi connectivity index (χ4n) is 3.44. The van der Waals surface area contributed by atoms with E-state index in [-0.39, 0.29) is 0 Å². The fraction of sp³-hybridized carbons (Fsp3) is 1.00. The summed E-state index contributed by atoms with van der Waals surface area (Å²) in [6.07, 6.45) is 18.2. The van der Waals surface area contributed by atoms with Gasteiger partial charge in [0.1, 0.15) is 0 Å². The van der Waals surface area contributed by atoms with Gasteiger partial charge in [-0.15, -0.1) is 11.6 Å². The number of unbranched alkanes of at least 4 members (excludes halogenated alkanes) is 6. The molecule has 0 amide bonds. The SMILES string of the molecule is CCCCCCCCCC(CCCCl)N1CCCCC1. The lowest BCUT2D eigenvalue weighted by Crippen LogP contribution is -2.39. The van der Waals surface area contributed by atoms with Crippen LogP contribution >= 0.6 is 11.6 Å². The van der Waals surface area contributed by atoms with Gasteiger partial charge in [0.05, 0.1) is 0 Å². The molecule has 1 rings (SSSR count). The van der Waals surface area contributed by atoms with Crippen molar-refractivity contribution in [1.29, 1.82) is 0 Å². The first-order valence-electron chi connectivity index (χ1n) is 9.18. The summed E-state index contributed by atoms with van der Waals surface area (Å²) in [5, 5.41) is 0. The maximum absolute atomic E-state index is 5.90. The molecule has 1 aliphatic heterocycles. The second-order valence-electron chi connectivity index (χ2n) is 6.49. The van der Waals surface area contributed by atoms with E-state index < -0.39 is 0 Å². The average Bonchev–Trinajstić information content (AvgIpc) is 2.50. The normalized spacial score (nSPS) is 18.3. The lowest BCUT2D eigenvalue weighted by molar-refractivity contribution is 0.144. The maximum Gasteiger partial charge on any atom is 0.0224 e. The Balaban J connectivity index is 2.12. The Morgan fingerprint density at radius 1 is 0.800 bits per heavy atom. The average molecular weight is 302 g/mol. The number of piperidine rings is 1. The molecule has 1 aliphatic rings. The minimum atomic E-state index is 0.824. The minimum Gasteiger partial charge on any atom is -0.300 e. The Bertz CT molecular complexity index is 202. The Morgan fingerprint density at radius 2 is 1.40 bits per heavy atom. The summed E-state index contributed by atoms with van der Waals surface area (Å²) >= 11 is 5.90. The second kappa shape index (κ2) is 13.0. The van der Waals surface area contributed by atoms with Crippen LogP contribution in [-0.4, -0.2) is 29.9 Å². The molecule has 0 bridgehead atoms. The number of rotatable bonds is 12. The molecule has 1 unspecified atom stereocenters. The van der Waals surface area contributed by atoms with Crippen LogP contribution in [0.15, 0.2) is 0 Å². The largest absolute Gasteiger partial charge is 0.300 e. The molecule has 120 valence electrons. The summed E-state index contributed by atoms with van der Waals surface area (Å²) in [6, 6.07) is 0.824. The van der Waals surface area contributed by atoms with Crippen molar-refractivity contribution in [3.63, 3.8) is 0 Å². The Hall–Kier alpha value is 0.250. The van der Waals surface area contributed by atoms with Gasteiger partial charge in [-0.05, 0) is 45.2 Å².